The number of hydrogen-bond acceptors (Lipinski definition) is 1. The molecule has 0 aliphatic carbocycles. The number of rotatable bonds is 3. The molecule has 3 aromatic rings. The highest BCUT2D eigenvalue weighted by atomic mass is 79.9. The molecule has 2 nitrogen and oxygen atoms in total. The molecule has 1 N–H and O–H groups in total. The SMILES string of the molecule is Clc1ccc(Cc2nc(-c3ccc(Br)cc3)c[nH]2)cc1. The van der Waals surface area contributed by atoms with Crippen molar-refractivity contribution in [1.29, 1.82) is 0 Å². The zero-order chi connectivity index (χ0) is 13.9. The van der Waals surface area contributed by atoms with Crippen LogP contribution in [0.5, 0.6) is 0 Å². The van der Waals surface area contributed by atoms with Crippen LogP contribution >= 0.6 is 27.5 Å². The van der Waals surface area contributed by atoms with Gasteiger partial charge in [0.05, 0.1) is 5.69 Å². The summed E-state index contributed by atoms with van der Waals surface area (Å²) in [6, 6.07) is 16.0. The van der Waals surface area contributed by atoms with Gasteiger partial charge >= 0.3 is 0 Å². The first kappa shape index (κ1) is 13.4. The average molecular weight is 348 g/mol. The van der Waals surface area contributed by atoms with Crippen LogP contribution in [0.15, 0.2) is 59.2 Å². The molecule has 0 amide bonds. The molecule has 0 fully saturated rings. The number of benzene rings is 2. The maximum absolute atomic E-state index is 5.88. The molecule has 3 rings (SSSR count). The zero-order valence-corrected chi connectivity index (χ0v) is 12.9. The van der Waals surface area contributed by atoms with Gasteiger partial charge in [-0.2, -0.15) is 0 Å². The van der Waals surface area contributed by atoms with Crippen LogP contribution in [0.3, 0.4) is 0 Å². The molecule has 2 aromatic carbocycles. The van der Waals surface area contributed by atoms with Crippen LogP contribution in [0.25, 0.3) is 11.3 Å². The molecule has 1 heterocycles. The highest BCUT2D eigenvalue weighted by Crippen LogP contribution is 2.21. The van der Waals surface area contributed by atoms with Crippen molar-refractivity contribution in [2.45, 2.75) is 6.42 Å². The smallest absolute Gasteiger partial charge is 0.111 e. The van der Waals surface area contributed by atoms with Crippen LogP contribution in [0.4, 0.5) is 0 Å². The van der Waals surface area contributed by atoms with Crippen LogP contribution in [-0.2, 0) is 6.42 Å². The predicted molar refractivity (Wildman–Crippen MR) is 86.0 cm³/mol. The molecular weight excluding hydrogens is 336 g/mol. The molecule has 0 saturated carbocycles. The van der Waals surface area contributed by atoms with Gasteiger partial charge in [0.1, 0.15) is 5.82 Å². The minimum Gasteiger partial charge on any atom is -0.348 e. The van der Waals surface area contributed by atoms with Crippen molar-refractivity contribution in [2.75, 3.05) is 0 Å². The van der Waals surface area contributed by atoms with Gasteiger partial charge in [-0.05, 0) is 29.8 Å². The van der Waals surface area contributed by atoms with E-state index < -0.39 is 0 Å². The lowest BCUT2D eigenvalue weighted by Gasteiger charge is -1.98. The zero-order valence-electron chi connectivity index (χ0n) is 10.6. The lowest BCUT2D eigenvalue weighted by molar-refractivity contribution is 1.03. The van der Waals surface area contributed by atoms with Gasteiger partial charge in [0.15, 0.2) is 0 Å². The molecule has 0 spiro atoms. The second-order valence-electron chi connectivity index (χ2n) is 4.54. The number of H-pyrrole nitrogens is 1. The number of halogens is 2. The number of imidazole rings is 1. The first-order valence-corrected chi connectivity index (χ1v) is 7.42. The molecule has 20 heavy (non-hydrogen) atoms. The molecule has 4 heteroatoms. The Morgan fingerprint density at radius 1 is 1.00 bits per heavy atom. The molecule has 0 atom stereocenters. The molecule has 0 aliphatic rings. The summed E-state index contributed by atoms with van der Waals surface area (Å²) in [5, 5.41) is 0.753. The lowest BCUT2D eigenvalue weighted by atomic mass is 10.1. The lowest BCUT2D eigenvalue weighted by Crippen LogP contribution is -1.90. The van der Waals surface area contributed by atoms with Crippen LogP contribution in [0, 0.1) is 0 Å². The van der Waals surface area contributed by atoms with Gasteiger partial charge in [0.25, 0.3) is 0 Å². The van der Waals surface area contributed by atoms with E-state index in [-0.39, 0.29) is 0 Å². The maximum atomic E-state index is 5.88. The largest absolute Gasteiger partial charge is 0.348 e. The van der Waals surface area contributed by atoms with Crippen molar-refractivity contribution in [1.82, 2.24) is 9.97 Å². The third-order valence-corrected chi connectivity index (χ3v) is 3.84. The molecule has 0 bridgehead atoms. The highest BCUT2D eigenvalue weighted by Gasteiger charge is 2.05. The number of nitrogens with zero attached hydrogens (tertiary/aromatic N) is 1. The van der Waals surface area contributed by atoms with E-state index in [0.29, 0.717) is 0 Å². The van der Waals surface area contributed by atoms with Crippen molar-refractivity contribution >= 4 is 27.5 Å². The average Bonchev–Trinajstić information content (AvgIpc) is 2.91. The molecule has 100 valence electrons. The third-order valence-electron chi connectivity index (χ3n) is 3.06. The van der Waals surface area contributed by atoms with E-state index in [9.17, 15) is 0 Å². The fraction of sp³-hybridized carbons (Fsp3) is 0.0625. The van der Waals surface area contributed by atoms with E-state index in [4.69, 9.17) is 11.6 Å². The van der Waals surface area contributed by atoms with Crippen molar-refractivity contribution in [2.24, 2.45) is 0 Å². The summed E-state index contributed by atoms with van der Waals surface area (Å²) in [5.41, 5.74) is 3.25. The van der Waals surface area contributed by atoms with Crippen molar-refractivity contribution in [3.8, 4) is 11.3 Å². The summed E-state index contributed by atoms with van der Waals surface area (Å²) in [4.78, 5) is 7.85. The van der Waals surface area contributed by atoms with Crippen molar-refractivity contribution in [3.63, 3.8) is 0 Å². The minimum absolute atomic E-state index is 0.753. The normalized spacial score (nSPS) is 10.7. The molecule has 0 saturated heterocycles. The molecular formula is C16H12BrClN2. The second kappa shape index (κ2) is 5.81. The molecule has 0 aliphatic heterocycles. The van der Waals surface area contributed by atoms with Gasteiger partial charge in [-0.1, -0.05) is 51.8 Å². The van der Waals surface area contributed by atoms with E-state index in [1.165, 1.54) is 5.56 Å². The standard InChI is InChI=1S/C16H12BrClN2/c17-13-5-3-12(4-6-13)15-10-19-16(20-15)9-11-1-7-14(18)8-2-11/h1-8,10H,9H2,(H,19,20). The third kappa shape index (κ3) is 3.11. The molecule has 0 radical (unpaired) electrons. The topological polar surface area (TPSA) is 28.7 Å². The molecule has 1 aromatic heterocycles. The van der Waals surface area contributed by atoms with Gasteiger partial charge in [-0.25, -0.2) is 4.98 Å². The van der Waals surface area contributed by atoms with Gasteiger partial charge < -0.3 is 4.98 Å². The van der Waals surface area contributed by atoms with Crippen LogP contribution < -0.4 is 0 Å². The van der Waals surface area contributed by atoms with Crippen molar-refractivity contribution in [3.05, 3.63) is 75.6 Å². The monoisotopic (exact) mass is 346 g/mol. The van der Waals surface area contributed by atoms with Crippen molar-refractivity contribution < 1.29 is 0 Å². The van der Waals surface area contributed by atoms with Gasteiger partial charge in [0.2, 0.25) is 0 Å². The summed E-state index contributed by atoms with van der Waals surface area (Å²) >= 11 is 9.32. The number of nitrogens with one attached hydrogen (secondary N) is 1. The van der Waals surface area contributed by atoms with Crippen LogP contribution in [0.2, 0.25) is 5.02 Å². The Morgan fingerprint density at radius 2 is 1.70 bits per heavy atom. The minimum atomic E-state index is 0.753. The summed E-state index contributed by atoms with van der Waals surface area (Å²) in [6.45, 7) is 0. The first-order valence-electron chi connectivity index (χ1n) is 6.25. The predicted octanol–water partition coefficient (Wildman–Crippen LogP) is 5.08. The quantitative estimate of drug-likeness (QED) is 0.703. The van der Waals surface area contributed by atoms with E-state index in [1.54, 1.807) is 0 Å². The summed E-state index contributed by atoms with van der Waals surface area (Å²) in [5.74, 6) is 0.949. The van der Waals surface area contributed by atoms with E-state index >= 15 is 0 Å². The maximum Gasteiger partial charge on any atom is 0.111 e. The Labute approximate surface area is 131 Å². The Hall–Kier alpha value is -1.58. The highest BCUT2D eigenvalue weighted by molar-refractivity contribution is 9.10. The second-order valence-corrected chi connectivity index (χ2v) is 5.89. The van der Waals surface area contributed by atoms with Crippen LogP contribution in [-0.4, -0.2) is 9.97 Å². The van der Waals surface area contributed by atoms with E-state index in [1.807, 2.05) is 54.7 Å². The van der Waals surface area contributed by atoms with Crippen LogP contribution in [0.1, 0.15) is 11.4 Å². The Bertz CT molecular complexity index is 702. The Balaban J connectivity index is 1.80. The Morgan fingerprint density at radius 3 is 2.40 bits per heavy atom. The van der Waals surface area contributed by atoms with E-state index in [0.717, 1.165) is 33.0 Å². The summed E-state index contributed by atoms with van der Waals surface area (Å²) in [7, 11) is 0. The first-order chi connectivity index (χ1) is 9.70. The van der Waals surface area contributed by atoms with Gasteiger partial charge in [0, 0.05) is 27.7 Å². The Kier molecular flexibility index (Phi) is 3.90. The molecule has 0 unspecified atom stereocenters. The number of aromatic amines is 1. The number of aromatic nitrogens is 2. The fourth-order valence-electron chi connectivity index (χ4n) is 2.02. The summed E-state index contributed by atoms with van der Waals surface area (Å²) < 4.78 is 1.07. The van der Waals surface area contributed by atoms with Gasteiger partial charge in [-0.15, -0.1) is 0 Å². The fourth-order valence-corrected chi connectivity index (χ4v) is 2.41. The van der Waals surface area contributed by atoms with E-state index in [2.05, 4.69) is 25.9 Å². The van der Waals surface area contributed by atoms with Gasteiger partial charge in [-0.3, -0.25) is 0 Å². The summed E-state index contributed by atoms with van der Waals surface area (Å²) in [6.07, 6.45) is 2.71. The number of hydrogen-bond donors (Lipinski definition) is 1.